The number of piperazine rings is 1. The van der Waals surface area contributed by atoms with Crippen LogP contribution in [0.25, 0.3) is 0 Å². The van der Waals surface area contributed by atoms with Crippen molar-refractivity contribution in [3.05, 3.63) is 41.9 Å². The first-order chi connectivity index (χ1) is 11.8. The molecule has 0 saturated carbocycles. The number of rotatable bonds is 3. The number of methoxy groups -OCH3 is 1. The number of hydrogen-bond acceptors (Lipinski definition) is 5. The summed E-state index contributed by atoms with van der Waals surface area (Å²) in [4.78, 5) is 14.0. The summed E-state index contributed by atoms with van der Waals surface area (Å²) in [7, 11) is 1.74. The molecular formula is C19H24N4O. The van der Waals surface area contributed by atoms with Crippen molar-refractivity contribution in [2.24, 2.45) is 0 Å². The van der Waals surface area contributed by atoms with E-state index in [0.717, 1.165) is 44.0 Å². The largest absolute Gasteiger partial charge is 0.495 e. The van der Waals surface area contributed by atoms with Crippen molar-refractivity contribution in [2.75, 3.05) is 36.5 Å². The lowest BCUT2D eigenvalue weighted by Crippen LogP contribution is -2.52. The second-order valence-corrected chi connectivity index (χ2v) is 6.64. The lowest BCUT2D eigenvalue weighted by molar-refractivity contribution is 0.412. The fourth-order valence-corrected chi connectivity index (χ4v) is 3.97. The second-order valence-electron chi connectivity index (χ2n) is 6.64. The van der Waals surface area contributed by atoms with Crippen LogP contribution in [0.5, 0.6) is 5.75 Å². The second kappa shape index (κ2) is 6.30. The van der Waals surface area contributed by atoms with E-state index in [1.807, 2.05) is 12.1 Å². The van der Waals surface area contributed by atoms with Crippen LogP contribution in [-0.2, 0) is 12.8 Å². The Labute approximate surface area is 143 Å². The molecule has 2 aliphatic rings. The zero-order valence-electron chi connectivity index (χ0n) is 14.4. The number of ether oxygens (including phenoxy) is 1. The summed E-state index contributed by atoms with van der Waals surface area (Å²) < 4.78 is 5.53. The molecule has 1 unspecified atom stereocenters. The predicted molar refractivity (Wildman–Crippen MR) is 96.1 cm³/mol. The molecule has 1 aliphatic carbocycles. The third-order valence-electron chi connectivity index (χ3n) is 5.18. The number of aryl methyl sites for hydroxylation is 1. The van der Waals surface area contributed by atoms with Gasteiger partial charge in [-0.15, -0.1) is 0 Å². The molecule has 0 N–H and O–H groups in total. The highest BCUT2D eigenvalue weighted by Crippen LogP contribution is 2.33. The van der Waals surface area contributed by atoms with Gasteiger partial charge in [-0.2, -0.15) is 0 Å². The molecule has 0 radical (unpaired) electrons. The first-order valence-electron chi connectivity index (χ1n) is 8.75. The molecule has 0 bridgehead atoms. The van der Waals surface area contributed by atoms with E-state index < -0.39 is 0 Å². The van der Waals surface area contributed by atoms with E-state index in [1.54, 1.807) is 13.4 Å². The molecule has 1 aromatic heterocycles. The maximum Gasteiger partial charge on any atom is 0.142 e. The van der Waals surface area contributed by atoms with E-state index in [9.17, 15) is 0 Å². The zero-order valence-corrected chi connectivity index (χ0v) is 14.4. The number of fused-ring (bicyclic) bond motifs is 1. The lowest BCUT2D eigenvalue weighted by atomic mass is 10.1. The van der Waals surface area contributed by atoms with Gasteiger partial charge in [0.2, 0.25) is 0 Å². The first kappa shape index (κ1) is 15.2. The van der Waals surface area contributed by atoms with Crippen molar-refractivity contribution in [3.63, 3.8) is 0 Å². The molecule has 1 aliphatic heterocycles. The molecule has 4 rings (SSSR count). The summed E-state index contributed by atoms with van der Waals surface area (Å²) in [5, 5.41) is 0. The van der Waals surface area contributed by atoms with Gasteiger partial charge in [-0.1, -0.05) is 12.1 Å². The van der Waals surface area contributed by atoms with Crippen molar-refractivity contribution >= 4 is 11.5 Å². The van der Waals surface area contributed by atoms with Gasteiger partial charge in [0, 0.05) is 36.9 Å². The molecule has 24 heavy (non-hydrogen) atoms. The van der Waals surface area contributed by atoms with Crippen LogP contribution in [0, 0.1) is 0 Å². The van der Waals surface area contributed by atoms with Crippen LogP contribution in [-0.4, -0.2) is 42.8 Å². The van der Waals surface area contributed by atoms with Gasteiger partial charge in [0.1, 0.15) is 17.9 Å². The smallest absolute Gasteiger partial charge is 0.142 e. The average molecular weight is 324 g/mol. The molecule has 1 atom stereocenters. The van der Waals surface area contributed by atoms with Crippen LogP contribution >= 0.6 is 0 Å². The minimum absolute atomic E-state index is 0.406. The summed E-state index contributed by atoms with van der Waals surface area (Å²) in [5.74, 6) is 2.10. The summed E-state index contributed by atoms with van der Waals surface area (Å²) >= 11 is 0. The molecule has 1 aromatic carbocycles. The standard InChI is InChI=1S/C19H24N4O/c1-14-12-22(17-8-3-4-9-18(17)24-2)10-11-23(14)19-15-6-5-7-16(15)20-13-21-19/h3-4,8-9,13-14H,5-7,10-12H2,1-2H3. The van der Waals surface area contributed by atoms with Gasteiger partial charge >= 0.3 is 0 Å². The van der Waals surface area contributed by atoms with Crippen LogP contribution < -0.4 is 14.5 Å². The maximum atomic E-state index is 5.53. The normalized spacial score (nSPS) is 20.2. The summed E-state index contributed by atoms with van der Waals surface area (Å²) in [6.45, 7) is 5.20. The van der Waals surface area contributed by atoms with Crippen LogP contribution in [0.4, 0.5) is 11.5 Å². The highest BCUT2D eigenvalue weighted by molar-refractivity contribution is 5.60. The Bertz CT molecular complexity index is 733. The third-order valence-corrected chi connectivity index (χ3v) is 5.18. The minimum atomic E-state index is 0.406. The fraction of sp³-hybridized carbons (Fsp3) is 0.474. The number of para-hydroxylation sites is 2. The number of nitrogens with zero attached hydrogens (tertiary/aromatic N) is 4. The average Bonchev–Trinajstić information content (AvgIpc) is 3.10. The Balaban J connectivity index is 1.56. The molecule has 0 amide bonds. The van der Waals surface area contributed by atoms with Gasteiger partial charge in [0.25, 0.3) is 0 Å². The molecule has 0 spiro atoms. The lowest BCUT2D eigenvalue weighted by Gasteiger charge is -2.42. The van der Waals surface area contributed by atoms with Crippen LogP contribution in [0.2, 0.25) is 0 Å². The Morgan fingerprint density at radius 1 is 1.12 bits per heavy atom. The van der Waals surface area contributed by atoms with E-state index in [4.69, 9.17) is 4.74 Å². The van der Waals surface area contributed by atoms with Gasteiger partial charge < -0.3 is 14.5 Å². The molecular weight excluding hydrogens is 300 g/mol. The molecule has 5 nitrogen and oxygen atoms in total. The Morgan fingerprint density at radius 3 is 2.83 bits per heavy atom. The van der Waals surface area contributed by atoms with Crippen LogP contribution in [0.3, 0.4) is 0 Å². The molecule has 1 saturated heterocycles. The van der Waals surface area contributed by atoms with E-state index in [-0.39, 0.29) is 0 Å². The molecule has 2 heterocycles. The van der Waals surface area contributed by atoms with Crippen LogP contribution in [0.15, 0.2) is 30.6 Å². The van der Waals surface area contributed by atoms with Crippen molar-refractivity contribution in [1.29, 1.82) is 0 Å². The first-order valence-corrected chi connectivity index (χ1v) is 8.75. The van der Waals surface area contributed by atoms with E-state index in [0.29, 0.717) is 6.04 Å². The Kier molecular flexibility index (Phi) is 4.00. The van der Waals surface area contributed by atoms with E-state index in [1.165, 1.54) is 23.4 Å². The van der Waals surface area contributed by atoms with E-state index in [2.05, 4.69) is 38.8 Å². The zero-order chi connectivity index (χ0) is 16.5. The van der Waals surface area contributed by atoms with E-state index >= 15 is 0 Å². The molecule has 2 aromatic rings. The van der Waals surface area contributed by atoms with Crippen molar-refractivity contribution < 1.29 is 4.74 Å². The number of hydrogen-bond donors (Lipinski definition) is 0. The fourth-order valence-electron chi connectivity index (χ4n) is 3.97. The number of benzene rings is 1. The number of anilines is 2. The van der Waals surface area contributed by atoms with Crippen LogP contribution in [0.1, 0.15) is 24.6 Å². The SMILES string of the molecule is COc1ccccc1N1CCN(c2ncnc3c2CCC3)C(C)C1. The third kappa shape index (κ3) is 2.58. The monoisotopic (exact) mass is 324 g/mol. The van der Waals surface area contributed by atoms with Crippen molar-refractivity contribution in [3.8, 4) is 5.75 Å². The molecule has 5 heteroatoms. The predicted octanol–water partition coefficient (Wildman–Crippen LogP) is 2.69. The van der Waals surface area contributed by atoms with Gasteiger partial charge in [-0.25, -0.2) is 9.97 Å². The van der Waals surface area contributed by atoms with Gasteiger partial charge in [-0.3, -0.25) is 0 Å². The Morgan fingerprint density at radius 2 is 2.00 bits per heavy atom. The molecule has 126 valence electrons. The number of aromatic nitrogens is 2. The topological polar surface area (TPSA) is 41.5 Å². The summed E-state index contributed by atoms with van der Waals surface area (Å²) in [6.07, 6.45) is 5.15. The minimum Gasteiger partial charge on any atom is -0.495 e. The van der Waals surface area contributed by atoms with Gasteiger partial charge in [-0.05, 0) is 38.3 Å². The van der Waals surface area contributed by atoms with Gasteiger partial charge in [0.05, 0.1) is 12.8 Å². The highest BCUT2D eigenvalue weighted by atomic mass is 16.5. The van der Waals surface area contributed by atoms with Crippen molar-refractivity contribution in [2.45, 2.75) is 32.2 Å². The highest BCUT2D eigenvalue weighted by Gasteiger charge is 2.29. The quantitative estimate of drug-likeness (QED) is 0.868. The van der Waals surface area contributed by atoms with Crippen molar-refractivity contribution in [1.82, 2.24) is 9.97 Å². The molecule has 1 fully saturated rings. The Hall–Kier alpha value is -2.30. The summed E-state index contributed by atoms with van der Waals surface area (Å²) in [6, 6.07) is 8.68. The van der Waals surface area contributed by atoms with Gasteiger partial charge in [0.15, 0.2) is 0 Å². The maximum absolute atomic E-state index is 5.53. The summed E-state index contributed by atoms with van der Waals surface area (Å²) in [5.41, 5.74) is 3.80.